The van der Waals surface area contributed by atoms with Crippen LogP contribution in [0.2, 0.25) is 0 Å². The van der Waals surface area contributed by atoms with Gasteiger partial charge in [-0.05, 0) is 62.7 Å². The first kappa shape index (κ1) is 20.0. The van der Waals surface area contributed by atoms with E-state index >= 15 is 0 Å². The fraction of sp³-hybridized carbons (Fsp3) is 0.227. The number of nitrogens with zero attached hydrogens (tertiary/aromatic N) is 2. The lowest BCUT2D eigenvalue weighted by atomic mass is 9.97. The number of furan rings is 1. The van der Waals surface area contributed by atoms with Crippen LogP contribution in [0.1, 0.15) is 46.7 Å². The molecule has 0 spiro atoms. The predicted molar refractivity (Wildman–Crippen MR) is 105 cm³/mol. The maximum Gasteiger partial charge on any atom is 0.271 e. The molecule has 0 atom stereocenters. The number of ketones is 1. The van der Waals surface area contributed by atoms with E-state index in [1.807, 2.05) is 19.9 Å². The Morgan fingerprint density at radius 2 is 1.97 bits per heavy atom. The summed E-state index contributed by atoms with van der Waals surface area (Å²) >= 11 is 0. The molecule has 0 fully saturated rings. The van der Waals surface area contributed by atoms with Crippen LogP contribution in [-0.2, 0) is 6.54 Å². The lowest BCUT2D eigenvalue weighted by Gasteiger charge is -2.15. The van der Waals surface area contributed by atoms with Gasteiger partial charge in [-0.1, -0.05) is 0 Å². The predicted octanol–water partition coefficient (Wildman–Crippen LogP) is 3.39. The number of rotatable bonds is 6. The number of hydrogen-bond acceptors (Lipinski definition) is 6. The Balaban J connectivity index is 2.09. The number of carbonyl (C=O) groups excluding carboxylic acids is 1. The van der Waals surface area contributed by atoms with E-state index in [-0.39, 0.29) is 29.3 Å². The Morgan fingerprint density at radius 1 is 1.28 bits per heavy atom. The summed E-state index contributed by atoms with van der Waals surface area (Å²) in [6, 6.07) is 11.6. The number of hydrogen-bond donors (Lipinski definition) is 1. The molecule has 0 aliphatic rings. The quantitative estimate of drug-likeness (QED) is 0.645. The van der Waals surface area contributed by atoms with Crippen molar-refractivity contribution < 1.29 is 19.1 Å². The van der Waals surface area contributed by atoms with Gasteiger partial charge in [0, 0.05) is 5.56 Å². The molecule has 3 rings (SSSR count). The standard InChI is InChI=1S/C22H20N2O5/c1-13(2)29-16-8-6-15(7-9-16)20(25)19-14(3)18(11-23)21(26)24(22(19)27)12-17-5-4-10-28-17/h4-10,13,27H,12H2,1-3H3. The summed E-state index contributed by atoms with van der Waals surface area (Å²) in [5, 5.41) is 20.2. The van der Waals surface area contributed by atoms with Gasteiger partial charge in [0.15, 0.2) is 5.78 Å². The molecule has 3 aromatic rings. The Kier molecular flexibility index (Phi) is 5.55. The second kappa shape index (κ2) is 8.07. The minimum atomic E-state index is -0.684. The summed E-state index contributed by atoms with van der Waals surface area (Å²) in [5.41, 5.74) is -0.538. The van der Waals surface area contributed by atoms with Crippen molar-refractivity contribution in [3.8, 4) is 17.7 Å². The molecule has 7 nitrogen and oxygen atoms in total. The fourth-order valence-electron chi connectivity index (χ4n) is 3.03. The molecule has 0 aliphatic carbocycles. The molecule has 0 unspecified atom stereocenters. The SMILES string of the molecule is Cc1c(C(=O)c2ccc(OC(C)C)cc2)c(O)n(Cc2ccco2)c(=O)c1C#N. The number of nitriles is 1. The summed E-state index contributed by atoms with van der Waals surface area (Å²) in [6.07, 6.45) is 1.43. The van der Waals surface area contributed by atoms with Crippen LogP contribution in [-0.4, -0.2) is 21.6 Å². The second-order valence-electron chi connectivity index (χ2n) is 6.80. The smallest absolute Gasteiger partial charge is 0.271 e. The third-order valence-corrected chi connectivity index (χ3v) is 4.41. The van der Waals surface area contributed by atoms with E-state index in [0.29, 0.717) is 17.1 Å². The topological polar surface area (TPSA) is 105 Å². The van der Waals surface area contributed by atoms with Gasteiger partial charge in [-0.3, -0.25) is 14.2 Å². The largest absolute Gasteiger partial charge is 0.494 e. The maximum atomic E-state index is 13.1. The van der Waals surface area contributed by atoms with Crippen molar-refractivity contribution >= 4 is 5.78 Å². The van der Waals surface area contributed by atoms with E-state index < -0.39 is 17.2 Å². The van der Waals surface area contributed by atoms with Gasteiger partial charge in [0.25, 0.3) is 5.56 Å². The van der Waals surface area contributed by atoms with Gasteiger partial charge in [0.05, 0.1) is 24.5 Å². The first-order valence-corrected chi connectivity index (χ1v) is 9.03. The maximum absolute atomic E-state index is 13.1. The molecule has 0 radical (unpaired) electrons. The fourth-order valence-corrected chi connectivity index (χ4v) is 3.03. The summed E-state index contributed by atoms with van der Waals surface area (Å²) in [7, 11) is 0. The van der Waals surface area contributed by atoms with E-state index in [1.165, 1.54) is 13.2 Å². The molecule has 0 saturated heterocycles. The number of benzene rings is 1. The van der Waals surface area contributed by atoms with Gasteiger partial charge in [0.1, 0.15) is 23.1 Å². The zero-order valence-corrected chi connectivity index (χ0v) is 16.3. The summed E-state index contributed by atoms with van der Waals surface area (Å²) < 4.78 is 11.8. The van der Waals surface area contributed by atoms with Crippen molar-refractivity contribution in [2.24, 2.45) is 0 Å². The Bertz CT molecular complexity index is 1130. The highest BCUT2D eigenvalue weighted by molar-refractivity contribution is 6.11. The van der Waals surface area contributed by atoms with Gasteiger partial charge in [-0.2, -0.15) is 5.26 Å². The molecule has 29 heavy (non-hydrogen) atoms. The van der Waals surface area contributed by atoms with E-state index in [0.717, 1.165) is 4.57 Å². The van der Waals surface area contributed by atoms with Gasteiger partial charge in [0.2, 0.25) is 5.88 Å². The van der Waals surface area contributed by atoms with Crippen molar-refractivity contribution in [1.82, 2.24) is 4.57 Å². The first-order valence-electron chi connectivity index (χ1n) is 9.03. The monoisotopic (exact) mass is 392 g/mol. The molecule has 2 heterocycles. The molecule has 7 heteroatoms. The minimum Gasteiger partial charge on any atom is -0.494 e. The molecule has 0 saturated carbocycles. The third kappa shape index (κ3) is 3.92. The zero-order chi connectivity index (χ0) is 21.1. The van der Waals surface area contributed by atoms with Crippen LogP contribution in [0.25, 0.3) is 0 Å². The highest BCUT2D eigenvalue weighted by atomic mass is 16.5. The molecule has 0 bridgehead atoms. The molecule has 1 aromatic carbocycles. The average Bonchev–Trinajstić information content (AvgIpc) is 3.19. The van der Waals surface area contributed by atoms with Crippen LogP contribution < -0.4 is 10.3 Å². The van der Waals surface area contributed by atoms with Crippen LogP contribution in [0.3, 0.4) is 0 Å². The Morgan fingerprint density at radius 3 is 2.52 bits per heavy atom. The normalized spacial score (nSPS) is 10.7. The van der Waals surface area contributed by atoms with Crippen molar-refractivity contribution in [2.75, 3.05) is 0 Å². The van der Waals surface area contributed by atoms with Crippen molar-refractivity contribution in [1.29, 1.82) is 5.26 Å². The summed E-state index contributed by atoms with van der Waals surface area (Å²) in [6.45, 7) is 5.16. The molecule has 0 amide bonds. The van der Waals surface area contributed by atoms with E-state index in [1.54, 1.807) is 36.4 Å². The van der Waals surface area contributed by atoms with Gasteiger partial charge in [-0.25, -0.2) is 0 Å². The zero-order valence-electron chi connectivity index (χ0n) is 16.3. The van der Waals surface area contributed by atoms with Crippen LogP contribution in [0.5, 0.6) is 11.6 Å². The molecular weight excluding hydrogens is 372 g/mol. The molecule has 148 valence electrons. The number of carbonyl (C=O) groups is 1. The van der Waals surface area contributed by atoms with Crippen LogP contribution in [0.15, 0.2) is 51.9 Å². The van der Waals surface area contributed by atoms with Gasteiger partial charge < -0.3 is 14.3 Å². The lowest BCUT2D eigenvalue weighted by Crippen LogP contribution is -2.27. The first-order chi connectivity index (χ1) is 13.8. The molecule has 1 N–H and O–H groups in total. The second-order valence-corrected chi connectivity index (χ2v) is 6.80. The van der Waals surface area contributed by atoms with E-state index in [4.69, 9.17) is 9.15 Å². The van der Waals surface area contributed by atoms with Crippen LogP contribution >= 0.6 is 0 Å². The number of pyridine rings is 1. The molecule has 2 aromatic heterocycles. The average molecular weight is 392 g/mol. The van der Waals surface area contributed by atoms with Crippen LogP contribution in [0.4, 0.5) is 0 Å². The Labute approximate surface area is 167 Å². The number of aromatic hydroxyl groups is 1. The minimum absolute atomic E-state index is 0.00816. The van der Waals surface area contributed by atoms with Crippen LogP contribution in [0, 0.1) is 18.3 Å². The third-order valence-electron chi connectivity index (χ3n) is 4.41. The summed E-state index contributed by atoms with van der Waals surface area (Å²) in [5.74, 6) is 0.0120. The van der Waals surface area contributed by atoms with Gasteiger partial charge in [-0.15, -0.1) is 0 Å². The van der Waals surface area contributed by atoms with E-state index in [9.17, 15) is 20.0 Å². The van der Waals surface area contributed by atoms with Crippen molar-refractivity contribution in [3.05, 3.63) is 81.0 Å². The van der Waals surface area contributed by atoms with Gasteiger partial charge >= 0.3 is 0 Å². The van der Waals surface area contributed by atoms with Crippen molar-refractivity contribution in [2.45, 2.75) is 33.4 Å². The number of ether oxygens (including phenoxy) is 1. The molecule has 0 aliphatic heterocycles. The number of aromatic nitrogens is 1. The summed E-state index contributed by atoms with van der Waals surface area (Å²) in [4.78, 5) is 25.7. The Hall–Kier alpha value is -3.79. The highest BCUT2D eigenvalue weighted by Gasteiger charge is 2.25. The highest BCUT2D eigenvalue weighted by Crippen LogP contribution is 2.26. The lowest BCUT2D eigenvalue weighted by molar-refractivity contribution is 0.103. The van der Waals surface area contributed by atoms with Crippen molar-refractivity contribution in [3.63, 3.8) is 0 Å². The van der Waals surface area contributed by atoms with E-state index in [2.05, 4.69) is 0 Å². The molecular formula is C22H20N2O5.